The van der Waals surface area contributed by atoms with Crippen molar-refractivity contribution in [3.63, 3.8) is 0 Å². The highest BCUT2D eigenvalue weighted by Crippen LogP contribution is 2.32. The molecule has 20 heavy (non-hydrogen) atoms. The number of hydrogen-bond donors (Lipinski definition) is 1. The molecule has 1 aromatic carbocycles. The first-order valence-corrected chi connectivity index (χ1v) is 6.47. The molecule has 0 atom stereocenters. The van der Waals surface area contributed by atoms with Gasteiger partial charge in [-0.3, -0.25) is 4.79 Å². The number of benzene rings is 1. The maximum Gasteiger partial charge on any atom is 0.416 e. The minimum absolute atomic E-state index is 0.136. The smallest absolute Gasteiger partial charge is 0.352 e. The number of carbonyl (C=O) groups is 1. The van der Waals surface area contributed by atoms with E-state index >= 15 is 0 Å². The standard InChI is InChI=1S/C14H17F4NO/c1-2-3-4-5-13(20)19-9-10-6-7-11(15)8-12(10)14(16,17)18/h6-8H,2-5,9H2,1H3,(H,19,20). The van der Waals surface area contributed by atoms with E-state index in [9.17, 15) is 22.4 Å². The first-order chi connectivity index (χ1) is 9.34. The molecule has 0 aromatic heterocycles. The van der Waals surface area contributed by atoms with Gasteiger partial charge in [0.2, 0.25) is 5.91 Å². The summed E-state index contributed by atoms with van der Waals surface area (Å²) in [7, 11) is 0. The number of carbonyl (C=O) groups excluding carboxylic acids is 1. The van der Waals surface area contributed by atoms with Crippen LogP contribution in [0.25, 0.3) is 0 Å². The molecular weight excluding hydrogens is 274 g/mol. The molecule has 0 bridgehead atoms. The largest absolute Gasteiger partial charge is 0.416 e. The average molecular weight is 291 g/mol. The lowest BCUT2D eigenvalue weighted by atomic mass is 10.1. The number of rotatable bonds is 6. The van der Waals surface area contributed by atoms with Crippen molar-refractivity contribution >= 4 is 5.91 Å². The Morgan fingerprint density at radius 3 is 2.55 bits per heavy atom. The summed E-state index contributed by atoms with van der Waals surface area (Å²) in [6.07, 6.45) is -1.78. The van der Waals surface area contributed by atoms with E-state index in [0.717, 1.165) is 25.0 Å². The Bertz CT molecular complexity index is 457. The van der Waals surface area contributed by atoms with Crippen LogP contribution in [0, 0.1) is 5.82 Å². The summed E-state index contributed by atoms with van der Waals surface area (Å²) >= 11 is 0. The van der Waals surface area contributed by atoms with Gasteiger partial charge in [-0.05, 0) is 24.1 Å². The molecule has 0 unspecified atom stereocenters. The minimum atomic E-state index is -4.63. The number of hydrogen-bond acceptors (Lipinski definition) is 1. The molecule has 1 amide bonds. The van der Waals surface area contributed by atoms with E-state index < -0.39 is 17.6 Å². The SMILES string of the molecule is CCCCCC(=O)NCc1ccc(F)cc1C(F)(F)F. The Kier molecular flexibility index (Phi) is 5.98. The van der Waals surface area contributed by atoms with E-state index in [1.807, 2.05) is 6.92 Å². The number of alkyl halides is 3. The van der Waals surface area contributed by atoms with E-state index in [0.29, 0.717) is 12.5 Å². The van der Waals surface area contributed by atoms with Gasteiger partial charge in [0.25, 0.3) is 0 Å². The third kappa shape index (κ3) is 5.19. The van der Waals surface area contributed by atoms with Crippen LogP contribution in [0.5, 0.6) is 0 Å². The number of halogens is 4. The van der Waals surface area contributed by atoms with Crippen LogP contribution in [0.15, 0.2) is 18.2 Å². The predicted molar refractivity (Wildman–Crippen MR) is 67.4 cm³/mol. The molecule has 0 aliphatic carbocycles. The highest BCUT2D eigenvalue weighted by Gasteiger charge is 2.33. The topological polar surface area (TPSA) is 29.1 Å². The Balaban J connectivity index is 2.66. The lowest BCUT2D eigenvalue weighted by Gasteiger charge is -2.13. The summed E-state index contributed by atoms with van der Waals surface area (Å²) in [6.45, 7) is 1.74. The molecule has 0 saturated carbocycles. The van der Waals surface area contributed by atoms with Crippen molar-refractivity contribution in [1.82, 2.24) is 5.32 Å². The molecule has 0 aliphatic heterocycles. The van der Waals surface area contributed by atoms with E-state index in [-0.39, 0.29) is 24.4 Å². The van der Waals surface area contributed by atoms with Crippen LogP contribution in [0.4, 0.5) is 17.6 Å². The quantitative estimate of drug-likeness (QED) is 0.622. The van der Waals surface area contributed by atoms with Gasteiger partial charge in [-0.1, -0.05) is 25.8 Å². The van der Waals surface area contributed by atoms with Crippen LogP contribution in [-0.2, 0) is 17.5 Å². The number of amides is 1. The van der Waals surface area contributed by atoms with E-state index in [1.54, 1.807) is 0 Å². The zero-order valence-corrected chi connectivity index (χ0v) is 11.2. The van der Waals surface area contributed by atoms with Gasteiger partial charge in [-0.15, -0.1) is 0 Å². The van der Waals surface area contributed by atoms with Crippen molar-refractivity contribution in [2.45, 2.75) is 45.3 Å². The van der Waals surface area contributed by atoms with Gasteiger partial charge in [-0.2, -0.15) is 13.2 Å². The van der Waals surface area contributed by atoms with Crippen molar-refractivity contribution < 1.29 is 22.4 Å². The lowest BCUT2D eigenvalue weighted by Crippen LogP contribution is -2.24. The molecule has 1 aromatic rings. The second-order valence-electron chi connectivity index (χ2n) is 4.53. The van der Waals surface area contributed by atoms with Crippen molar-refractivity contribution in [2.75, 3.05) is 0 Å². The molecular formula is C14H17F4NO. The minimum Gasteiger partial charge on any atom is -0.352 e. The predicted octanol–water partition coefficient (Wildman–Crippen LogP) is 4.04. The summed E-state index contributed by atoms with van der Waals surface area (Å²) in [5.41, 5.74) is -1.19. The number of unbranched alkanes of at least 4 members (excludes halogenated alkanes) is 2. The molecule has 1 rings (SSSR count). The van der Waals surface area contributed by atoms with Crippen molar-refractivity contribution in [1.29, 1.82) is 0 Å². The molecule has 6 heteroatoms. The maximum atomic E-state index is 12.9. The summed E-state index contributed by atoms with van der Waals surface area (Å²) in [5.74, 6) is -1.24. The molecule has 2 nitrogen and oxygen atoms in total. The van der Waals surface area contributed by atoms with Gasteiger partial charge in [0.05, 0.1) is 5.56 Å². The Labute approximate surface area is 115 Å². The van der Waals surface area contributed by atoms with Crippen LogP contribution < -0.4 is 5.32 Å². The van der Waals surface area contributed by atoms with Crippen molar-refractivity contribution in [3.05, 3.63) is 35.1 Å². The second kappa shape index (κ2) is 7.26. The fraction of sp³-hybridized carbons (Fsp3) is 0.500. The fourth-order valence-electron chi connectivity index (χ4n) is 1.78. The second-order valence-corrected chi connectivity index (χ2v) is 4.53. The fourth-order valence-corrected chi connectivity index (χ4v) is 1.78. The van der Waals surface area contributed by atoms with E-state index in [1.165, 1.54) is 0 Å². The van der Waals surface area contributed by atoms with Crippen LogP contribution in [0.3, 0.4) is 0 Å². The third-order valence-electron chi connectivity index (χ3n) is 2.86. The van der Waals surface area contributed by atoms with Crippen LogP contribution >= 0.6 is 0 Å². The summed E-state index contributed by atoms with van der Waals surface area (Å²) in [5, 5.41) is 2.43. The molecule has 112 valence electrons. The highest BCUT2D eigenvalue weighted by molar-refractivity contribution is 5.75. The summed E-state index contributed by atoms with van der Waals surface area (Å²) in [6, 6.07) is 2.44. The molecule has 0 heterocycles. The Morgan fingerprint density at radius 2 is 1.95 bits per heavy atom. The van der Waals surface area contributed by atoms with Crippen molar-refractivity contribution in [3.8, 4) is 0 Å². The van der Waals surface area contributed by atoms with Gasteiger partial charge in [-0.25, -0.2) is 4.39 Å². The molecule has 1 N–H and O–H groups in total. The molecule has 0 aliphatic rings. The third-order valence-corrected chi connectivity index (χ3v) is 2.86. The van der Waals surface area contributed by atoms with Gasteiger partial charge in [0, 0.05) is 13.0 Å². The van der Waals surface area contributed by atoms with Gasteiger partial charge in [0.1, 0.15) is 5.82 Å². The Hall–Kier alpha value is -1.59. The normalized spacial score (nSPS) is 11.4. The molecule has 0 radical (unpaired) electrons. The maximum absolute atomic E-state index is 12.9. The van der Waals surface area contributed by atoms with Crippen LogP contribution in [-0.4, -0.2) is 5.91 Å². The van der Waals surface area contributed by atoms with Gasteiger partial charge in [0.15, 0.2) is 0 Å². The first kappa shape index (κ1) is 16.5. The summed E-state index contributed by atoms with van der Waals surface area (Å²) < 4.78 is 51.1. The van der Waals surface area contributed by atoms with Crippen molar-refractivity contribution in [2.24, 2.45) is 0 Å². The first-order valence-electron chi connectivity index (χ1n) is 6.47. The van der Waals surface area contributed by atoms with Crippen LogP contribution in [0.1, 0.15) is 43.7 Å². The average Bonchev–Trinajstić information content (AvgIpc) is 2.36. The zero-order chi connectivity index (χ0) is 15.2. The summed E-state index contributed by atoms with van der Waals surface area (Å²) in [4.78, 5) is 11.5. The highest BCUT2D eigenvalue weighted by atomic mass is 19.4. The monoisotopic (exact) mass is 291 g/mol. The van der Waals surface area contributed by atoms with Crippen LogP contribution in [0.2, 0.25) is 0 Å². The van der Waals surface area contributed by atoms with Gasteiger partial charge < -0.3 is 5.32 Å². The zero-order valence-electron chi connectivity index (χ0n) is 11.2. The van der Waals surface area contributed by atoms with Gasteiger partial charge >= 0.3 is 6.18 Å². The molecule has 0 spiro atoms. The Morgan fingerprint density at radius 1 is 1.25 bits per heavy atom. The number of nitrogens with one attached hydrogen (secondary N) is 1. The van der Waals surface area contributed by atoms with E-state index in [2.05, 4.69) is 5.32 Å². The molecule has 0 saturated heterocycles. The lowest BCUT2D eigenvalue weighted by molar-refractivity contribution is -0.138. The van der Waals surface area contributed by atoms with E-state index in [4.69, 9.17) is 0 Å². The molecule has 0 fully saturated rings.